The van der Waals surface area contributed by atoms with Crippen LogP contribution in [0.4, 0.5) is 0 Å². The van der Waals surface area contributed by atoms with Gasteiger partial charge in [-0.15, -0.1) is 11.3 Å². The number of hydrogen-bond donors (Lipinski definition) is 1. The standard InChI is InChI=1S/C11H17BrN2OS/c1-3-13-7-11(15)14(2)5-4-10-6-9(12)8-16-10/h6,8,13H,3-5,7H2,1-2H3. The number of nitrogens with one attached hydrogen (secondary N) is 1. The van der Waals surface area contributed by atoms with Crippen molar-refractivity contribution in [2.75, 3.05) is 26.7 Å². The van der Waals surface area contributed by atoms with Gasteiger partial charge in [0.05, 0.1) is 6.54 Å². The summed E-state index contributed by atoms with van der Waals surface area (Å²) in [5, 5.41) is 5.10. The summed E-state index contributed by atoms with van der Waals surface area (Å²) in [4.78, 5) is 14.7. The molecule has 1 aromatic heterocycles. The molecule has 1 heterocycles. The molecule has 1 rings (SSSR count). The Morgan fingerprint density at radius 3 is 2.94 bits per heavy atom. The predicted molar refractivity (Wildman–Crippen MR) is 71.9 cm³/mol. The molecule has 0 saturated carbocycles. The van der Waals surface area contributed by atoms with Gasteiger partial charge in [-0.2, -0.15) is 0 Å². The minimum absolute atomic E-state index is 0.150. The molecule has 0 fully saturated rings. The lowest BCUT2D eigenvalue weighted by molar-refractivity contribution is -0.128. The number of likely N-dealkylation sites (N-methyl/N-ethyl adjacent to an activating group) is 2. The molecule has 0 aromatic carbocycles. The average Bonchev–Trinajstić information content (AvgIpc) is 2.68. The average molecular weight is 305 g/mol. The first kappa shape index (κ1) is 13.7. The van der Waals surface area contributed by atoms with E-state index >= 15 is 0 Å². The van der Waals surface area contributed by atoms with E-state index in [0.29, 0.717) is 6.54 Å². The van der Waals surface area contributed by atoms with Crippen LogP contribution in [0.3, 0.4) is 0 Å². The van der Waals surface area contributed by atoms with Crippen LogP contribution < -0.4 is 5.32 Å². The van der Waals surface area contributed by atoms with Gasteiger partial charge in [-0.05, 0) is 35.0 Å². The minimum atomic E-state index is 0.150. The maximum Gasteiger partial charge on any atom is 0.236 e. The van der Waals surface area contributed by atoms with Crippen molar-refractivity contribution < 1.29 is 4.79 Å². The van der Waals surface area contributed by atoms with Crippen LogP contribution in [0, 0.1) is 0 Å². The second kappa shape index (κ2) is 7.04. The molecule has 0 bridgehead atoms. The second-order valence-electron chi connectivity index (χ2n) is 3.58. The highest BCUT2D eigenvalue weighted by Crippen LogP contribution is 2.20. The van der Waals surface area contributed by atoms with Crippen molar-refractivity contribution in [1.82, 2.24) is 10.2 Å². The van der Waals surface area contributed by atoms with Gasteiger partial charge >= 0.3 is 0 Å². The van der Waals surface area contributed by atoms with E-state index in [2.05, 4.69) is 32.7 Å². The molecule has 1 amide bonds. The first-order valence-electron chi connectivity index (χ1n) is 5.31. The summed E-state index contributed by atoms with van der Waals surface area (Å²) in [6.07, 6.45) is 0.921. The fourth-order valence-electron chi connectivity index (χ4n) is 1.25. The number of nitrogens with zero attached hydrogens (tertiary/aromatic N) is 1. The molecule has 0 aliphatic heterocycles. The van der Waals surface area contributed by atoms with Crippen LogP contribution in [0.25, 0.3) is 0 Å². The van der Waals surface area contributed by atoms with Crippen LogP contribution >= 0.6 is 27.3 Å². The molecule has 0 atom stereocenters. The van der Waals surface area contributed by atoms with E-state index in [-0.39, 0.29) is 5.91 Å². The summed E-state index contributed by atoms with van der Waals surface area (Å²) < 4.78 is 1.12. The smallest absolute Gasteiger partial charge is 0.236 e. The number of carbonyl (C=O) groups is 1. The van der Waals surface area contributed by atoms with E-state index in [1.807, 2.05) is 14.0 Å². The largest absolute Gasteiger partial charge is 0.344 e. The highest BCUT2D eigenvalue weighted by atomic mass is 79.9. The molecule has 1 aromatic rings. The zero-order valence-electron chi connectivity index (χ0n) is 9.62. The van der Waals surface area contributed by atoms with Crippen LogP contribution in [-0.4, -0.2) is 37.5 Å². The molecule has 0 saturated heterocycles. The van der Waals surface area contributed by atoms with Crippen LogP contribution in [0.5, 0.6) is 0 Å². The van der Waals surface area contributed by atoms with Gasteiger partial charge in [-0.1, -0.05) is 6.92 Å². The zero-order valence-corrected chi connectivity index (χ0v) is 12.0. The van der Waals surface area contributed by atoms with Gasteiger partial charge in [0.25, 0.3) is 0 Å². The number of rotatable bonds is 6. The van der Waals surface area contributed by atoms with Crippen molar-refractivity contribution in [2.45, 2.75) is 13.3 Å². The third-order valence-corrected chi connectivity index (χ3v) is 4.02. The molecule has 5 heteroatoms. The SMILES string of the molecule is CCNCC(=O)N(C)CCc1cc(Br)cs1. The maximum atomic E-state index is 11.6. The Hall–Kier alpha value is -0.390. The predicted octanol–water partition coefficient (Wildman–Crippen LogP) is 2.12. The Balaban J connectivity index is 2.29. The molecule has 3 nitrogen and oxygen atoms in total. The number of amides is 1. The fraction of sp³-hybridized carbons (Fsp3) is 0.545. The summed E-state index contributed by atoms with van der Waals surface area (Å²) in [6.45, 7) is 4.03. The Morgan fingerprint density at radius 2 is 2.38 bits per heavy atom. The van der Waals surface area contributed by atoms with E-state index in [1.165, 1.54) is 4.88 Å². The Kier molecular flexibility index (Phi) is 6.01. The van der Waals surface area contributed by atoms with Crippen molar-refractivity contribution >= 4 is 33.2 Å². The summed E-state index contributed by atoms with van der Waals surface area (Å²) in [6, 6.07) is 2.10. The van der Waals surface area contributed by atoms with Gasteiger partial charge < -0.3 is 10.2 Å². The van der Waals surface area contributed by atoms with Gasteiger partial charge in [0, 0.05) is 28.3 Å². The number of hydrogen-bond acceptors (Lipinski definition) is 3. The Morgan fingerprint density at radius 1 is 1.62 bits per heavy atom. The summed E-state index contributed by atoms with van der Waals surface area (Å²) in [7, 11) is 1.85. The molecule has 0 spiro atoms. The zero-order chi connectivity index (χ0) is 12.0. The van der Waals surface area contributed by atoms with Crippen molar-refractivity contribution in [3.05, 3.63) is 20.8 Å². The highest BCUT2D eigenvalue weighted by Gasteiger charge is 2.08. The van der Waals surface area contributed by atoms with Gasteiger partial charge in [0.2, 0.25) is 5.91 Å². The monoisotopic (exact) mass is 304 g/mol. The normalized spacial score (nSPS) is 10.4. The fourth-order valence-corrected chi connectivity index (χ4v) is 2.70. The molecule has 0 unspecified atom stereocenters. The third-order valence-electron chi connectivity index (χ3n) is 2.27. The van der Waals surface area contributed by atoms with Crippen molar-refractivity contribution in [2.24, 2.45) is 0 Å². The first-order chi connectivity index (χ1) is 7.63. The first-order valence-corrected chi connectivity index (χ1v) is 6.98. The molecule has 16 heavy (non-hydrogen) atoms. The third kappa shape index (κ3) is 4.63. The van der Waals surface area contributed by atoms with Gasteiger partial charge in [0.15, 0.2) is 0 Å². The molecule has 0 aliphatic rings. The van der Waals surface area contributed by atoms with Crippen molar-refractivity contribution in [3.8, 4) is 0 Å². The highest BCUT2D eigenvalue weighted by molar-refractivity contribution is 9.10. The van der Waals surface area contributed by atoms with E-state index in [4.69, 9.17) is 0 Å². The van der Waals surface area contributed by atoms with E-state index in [1.54, 1.807) is 16.2 Å². The van der Waals surface area contributed by atoms with Crippen LogP contribution in [0.15, 0.2) is 15.9 Å². The second-order valence-corrected chi connectivity index (χ2v) is 5.49. The Bertz CT molecular complexity index is 340. The van der Waals surface area contributed by atoms with Gasteiger partial charge in [-0.25, -0.2) is 0 Å². The van der Waals surface area contributed by atoms with Crippen molar-refractivity contribution in [3.63, 3.8) is 0 Å². The summed E-state index contributed by atoms with van der Waals surface area (Å²) >= 11 is 5.14. The number of halogens is 1. The molecule has 0 radical (unpaired) electrons. The summed E-state index contributed by atoms with van der Waals surface area (Å²) in [5.41, 5.74) is 0. The van der Waals surface area contributed by atoms with Crippen molar-refractivity contribution in [1.29, 1.82) is 0 Å². The molecule has 0 aliphatic carbocycles. The van der Waals surface area contributed by atoms with E-state index in [9.17, 15) is 4.79 Å². The molecule has 1 N–H and O–H groups in total. The lowest BCUT2D eigenvalue weighted by atomic mass is 10.3. The van der Waals surface area contributed by atoms with Gasteiger partial charge in [0.1, 0.15) is 0 Å². The minimum Gasteiger partial charge on any atom is -0.344 e. The molecule has 90 valence electrons. The lowest BCUT2D eigenvalue weighted by Crippen LogP contribution is -2.36. The Labute approximate surface area is 109 Å². The number of thiophene rings is 1. The maximum absolute atomic E-state index is 11.6. The lowest BCUT2D eigenvalue weighted by Gasteiger charge is -2.16. The summed E-state index contributed by atoms with van der Waals surface area (Å²) in [5.74, 6) is 0.150. The molecular formula is C11H17BrN2OS. The van der Waals surface area contributed by atoms with Crippen LogP contribution in [-0.2, 0) is 11.2 Å². The van der Waals surface area contributed by atoms with Crippen LogP contribution in [0.1, 0.15) is 11.8 Å². The number of carbonyl (C=O) groups excluding carboxylic acids is 1. The van der Waals surface area contributed by atoms with E-state index in [0.717, 1.165) is 24.0 Å². The van der Waals surface area contributed by atoms with Gasteiger partial charge in [-0.3, -0.25) is 4.79 Å². The quantitative estimate of drug-likeness (QED) is 0.873. The van der Waals surface area contributed by atoms with E-state index < -0.39 is 0 Å². The van der Waals surface area contributed by atoms with Crippen LogP contribution in [0.2, 0.25) is 0 Å². The topological polar surface area (TPSA) is 32.3 Å². The molecular weight excluding hydrogens is 288 g/mol.